The lowest BCUT2D eigenvalue weighted by Crippen LogP contribution is -2.36. The molecule has 1 aromatic carbocycles. The fourth-order valence-electron chi connectivity index (χ4n) is 3.34. The molecular weight excluding hydrogens is 436 g/mol. The third-order valence-electron chi connectivity index (χ3n) is 5.10. The first-order chi connectivity index (χ1) is 14.5. The van der Waals surface area contributed by atoms with Crippen molar-refractivity contribution in [3.8, 4) is 0 Å². The first kappa shape index (κ1) is 24.9. The van der Waals surface area contributed by atoms with Gasteiger partial charge in [0.1, 0.15) is 4.88 Å². The minimum Gasteiger partial charge on any atom is -0.465 e. The third-order valence-corrected chi connectivity index (χ3v) is 7.10. The molecule has 0 unspecified atom stereocenters. The Morgan fingerprint density at radius 2 is 1.73 bits per heavy atom. The number of hydrogen-bond donors (Lipinski definition) is 1. The van der Waals surface area contributed by atoms with Gasteiger partial charge in [0.15, 0.2) is 5.11 Å². The fraction of sp³-hybridized carbons (Fsp3) is 0.565. The van der Waals surface area contributed by atoms with Crippen molar-refractivity contribution < 1.29 is 9.53 Å². The van der Waals surface area contributed by atoms with Crippen LogP contribution >= 0.6 is 35.2 Å². The Kier molecular flexibility index (Phi) is 10.9. The van der Waals surface area contributed by atoms with Crippen molar-refractivity contribution in [2.45, 2.75) is 65.2 Å². The van der Waals surface area contributed by atoms with Gasteiger partial charge in [-0.3, -0.25) is 0 Å². The van der Waals surface area contributed by atoms with Gasteiger partial charge in [0.2, 0.25) is 0 Å². The van der Waals surface area contributed by atoms with Crippen LogP contribution in [0.4, 0.5) is 5.69 Å². The summed E-state index contributed by atoms with van der Waals surface area (Å²) in [6.45, 7) is 6.43. The molecule has 0 atom stereocenters. The number of esters is 1. The van der Waals surface area contributed by atoms with Gasteiger partial charge in [0.05, 0.1) is 12.1 Å². The molecule has 0 aliphatic rings. The maximum absolute atomic E-state index is 11.9. The molecule has 0 fully saturated rings. The van der Waals surface area contributed by atoms with Crippen molar-refractivity contribution in [1.82, 2.24) is 4.90 Å². The second kappa shape index (κ2) is 13.1. The van der Waals surface area contributed by atoms with Crippen LogP contribution in [0.15, 0.2) is 18.2 Å². The summed E-state index contributed by atoms with van der Waals surface area (Å²) in [6, 6.07) is 5.88. The average Bonchev–Trinajstić information content (AvgIpc) is 3.07. The van der Waals surface area contributed by atoms with Crippen LogP contribution in [0.25, 0.3) is 10.1 Å². The number of carbonyl (C=O) groups excluding carboxylic acids is 1. The van der Waals surface area contributed by atoms with Gasteiger partial charge in [-0.15, -0.1) is 11.3 Å². The minimum atomic E-state index is -0.406. The lowest BCUT2D eigenvalue weighted by Gasteiger charge is -2.26. The summed E-state index contributed by atoms with van der Waals surface area (Å²) in [5, 5.41) is 5.46. The molecule has 0 aliphatic carbocycles. The van der Waals surface area contributed by atoms with E-state index in [4.69, 9.17) is 28.6 Å². The van der Waals surface area contributed by atoms with Gasteiger partial charge in [-0.2, -0.15) is 0 Å². The van der Waals surface area contributed by atoms with E-state index < -0.39 is 5.97 Å². The molecule has 0 radical (unpaired) electrons. The van der Waals surface area contributed by atoms with E-state index in [-0.39, 0.29) is 0 Å². The molecule has 2 rings (SSSR count). The Hall–Kier alpha value is -1.37. The van der Waals surface area contributed by atoms with Crippen molar-refractivity contribution in [3.05, 3.63) is 28.1 Å². The topological polar surface area (TPSA) is 41.6 Å². The molecule has 1 aromatic heterocycles. The summed E-state index contributed by atoms with van der Waals surface area (Å²) in [5.74, 6) is -0.406. The van der Waals surface area contributed by atoms with Crippen molar-refractivity contribution >= 4 is 62.0 Å². The summed E-state index contributed by atoms with van der Waals surface area (Å²) in [6.07, 6.45) is 9.79. The van der Waals surface area contributed by atoms with Gasteiger partial charge >= 0.3 is 5.97 Å². The Morgan fingerprint density at radius 1 is 1.10 bits per heavy atom. The predicted molar refractivity (Wildman–Crippen MR) is 134 cm³/mol. The zero-order valence-corrected chi connectivity index (χ0v) is 20.7. The summed E-state index contributed by atoms with van der Waals surface area (Å²) in [4.78, 5) is 14.6. The van der Waals surface area contributed by atoms with E-state index in [1.54, 1.807) is 0 Å². The Balaban J connectivity index is 2.08. The average molecular weight is 469 g/mol. The van der Waals surface area contributed by atoms with Crippen LogP contribution in [-0.4, -0.2) is 36.2 Å². The summed E-state index contributed by atoms with van der Waals surface area (Å²) >= 11 is 13.4. The first-order valence-corrected chi connectivity index (χ1v) is 12.5. The maximum atomic E-state index is 11.9. The van der Waals surface area contributed by atoms with Crippen molar-refractivity contribution in [2.24, 2.45) is 0 Å². The van der Waals surface area contributed by atoms with Crippen LogP contribution in [0.3, 0.4) is 0 Å². The maximum Gasteiger partial charge on any atom is 0.349 e. The number of rotatable bonds is 12. The molecule has 4 nitrogen and oxygen atoms in total. The lowest BCUT2D eigenvalue weighted by atomic mass is 10.2. The number of anilines is 1. The molecule has 0 saturated heterocycles. The summed E-state index contributed by atoms with van der Waals surface area (Å²) < 4.78 is 5.76. The third kappa shape index (κ3) is 7.10. The number of hydrogen-bond acceptors (Lipinski definition) is 4. The number of ether oxygens (including phenoxy) is 1. The zero-order valence-electron chi connectivity index (χ0n) is 18.3. The molecule has 0 aliphatic heterocycles. The number of methoxy groups -OCH3 is 1. The van der Waals surface area contributed by atoms with Gasteiger partial charge in [-0.1, -0.05) is 64.0 Å². The molecule has 0 bridgehead atoms. The van der Waals surface area contributed by atoms with Gasteiger partial charge in [-0.25, -0.2) is 4.79 Å². The molecule has 1 N–H and O–H groups in total. The van der Waals surface area contributed by atoms with Gasteiger partial charge < -0.3 is 15.0 Å². The fourth-order valence-corrected chi connectivity index (χ4v) is 5.11. The van der Waals surface area contributed by atoms with Gasteiger partial charge in [0, 0.05) is 28.9 Å². The number of halogens is 1. The van der Waals surface area contributed by atoms with Crippen LogP contribution in [-0.2, 0) is 4.74 Å². The van der Waals surface area contributed by atoms with Gasteiger partial charge in [0.25, 0.3) is 0 Å². The Labute approximate surface area is 194 Å². The van der Waals surface area contributed by atoms with E-state index in [0.29, 0.717) is 9.90 Å². The quantitative estimate of drug-likeness (QED) is 0.198. The lowest BCUT2D eigenvalue weighted by molar-refractivity contribution is 0.0606. The molecule has 7 heteroatoms. The van der Waals surface area contributed by atoms with E-state index in [2.05, 4.69) is 24.1 Å². The van der Waals surface area contributed by atoms with E-state index in [1.807, 2.05) is 18.2 Å². The number of carbonyl (C=O) groups is 1. The molecule has 0 amide bonds. The molecule has 1 heterocycles. The number of nitrogens with zero attached hydrogens (tertiary/aromatic N) is 1. The summed E-state index contributed by atoms with van der Waals surface area (Å²) in [7, 11) is 1.37. The van der Waals surface area contributed by atoms with Crippen LogP contribution in [0.1, 0.15) is 74.9 Å². The monoisotopic (exact) mass is 468 g/mol. The molecule has 30 heavy (non-hydrogen) atoms. The SMILES string of the molecule is CCCCCCN(CCCCCC)C(=S)Nc1ccc2c(Cl)c(C(=O)OC)sc2c1. The number of thiophene rings is 1. The number of benzene rings is 1. The number of thiocarbonyl (C=S) groups is 1. The predicted octanol–water partition coefficient (Wildman–Crippen LogP) is 7.50. The van der Waals surface area contributed by atoms with E-state index in [9.17, 15) is 4.79 Å². The van der Waals surface area contributed by atoms with Crippen LogP contribution in [0.5, 0.6) is 0 Å². The molecular formula is C23H33ClN2O2S2. The number of fused-ring (bicyclic) bond motifs is 1. The van der Waals surface area contributed by atoms with Crippen molar-refractivity contribution in [2.75, 3.05) is 25.5 Å². The highest BCUT2D eigenvalue weighted by atomic mass is 35.5. The minimum absolute atomic E-state index is 0.406. The van der Waals surface area contributed by atoms with Crippen LogP contribution in [0, 0.1) is 0 Å². The second-order valence-corrected chi connectivity index (χ2v) is 9.30. The number of unbranched alkanes of at least 4 members (excludes halogenated alkanes) is 6. The largest absolute Gasteiger partial charge is 0.465 e. The second-order valence-electron chi connectivity index (χ2n) is 7.49. The van der Waals surface area contributed by atoms with Crippen molar-refractivity contribution in [3.63, 3.8) is 0 Å². The highest BCUT2D eigenvalue weighted by Gasteiger charge is 2.18. The molecule has 166 valence electrons. The number of nitrogens with one attached hydrogen (secondary N) is 1. The molecule has 0 saturated carbocycles. The molecule has 0 spiro atoms. The van der Waals surface area contributed by atoms with Crippen molar-refractivity contribution in [1.29, 1.82) is 0 Å². The highest BCUT2D eigenvalue weighted by Crippen LogP contribution is 2.37. The van der Waals surface area contributed by atoms with Crippen LogP contribution in [0.2, 0.25) is 5.02 Å². The van der Waals surface area contributed by atoms with Gasteiger partial charge in [-0.05, 0) is 43.3 Å². The normalized spacial score (nSPS) is 10.9. The Bertz CT molecular complexity index is 826. The van der Waals surface area contributed by atoms with Crippen LogP contribution < -0.4 is 5.32 Å². The smallest absolute Gasteiger partial charge is 0.349 e. The Morgan fingerprint density at radius 3 is 2.30 bits per heavy atom. The van der Waals surface area contributed by atoms with E-state index in [1.165, 1.54) is 57.0 Å². The molecule has 2 aromatic rings. The van der Waals surface area contributed by atoms with E-state index >= 15 is 0 Å². The first-order valence-electron chi connectivity index (χ1n) is 10.9. The van der Waals surface area contributed by atoms with E-state index in [0.717, 1.165) is 46.8 Å². The zero-order chi connectivity index (χ0) is 21.9. The standard InChI is InChI=1S/C23H33ClN2O2S2/c1-4-6-8-10-14-26(15-11-9-7-5-2)23(29)25-17-12-13-18-19(16-17)30-21(20(18)24)22(27)28-3/h12-13,16H,4-11,14-15H2,1-3H3,(H,25,29). The highest BCUT2D eigenvalue weighted by molar-refractivity contribution is 7.80. The summed E-state index contributed by atoms with van der Waals surface area (Å²) in [5.41, 5.74) is 0.911.